The molecule has 0 radical (unpaired) electrons. The molecule has 1 heterocycles. The van der Waals surface area contributed by atoms with Gasteiger partial charge in [0.25, 0.3) is 6.43 Å². The van der Waals surface area contributed by atoms with E-state index in [9.17, 15) is 13.6 Å². The predicted octanol–water partition coefficient (Wildman–Crippen LogP) is 1.17. The normalized spacial score (nSPS) is 10.0. The van der Waals surface area contributed by atoms with Crippen LogP contribution in [0.15, 0.2) is 6.20 Å². The number of carboxylic acid groups (broad SMARTS) is 1. The number of nitriles is 1. The highest BCUT2D eigenvalue weighted by atomic mass is 19.3. The van der Waals surface area contributed by atoms with Gasteiger partial charge in [-0.1, -0.05) is 0 Å². The van der Waals surface area contributed by atoms with Gasteiger partial charge in [0.2, 0.25) is 0 Å². The zero-order valence-electron chi connectivity index (χ0n) is 7.24. The number of hydrogen-bond donors (Lipinski definition) is 2. The Hall–Kier alpha value is -2.23. The Morgan fingerprint density at radius 1 is 1.67 bits per heavy atom. The lowest BCUT2D eigenvalue weighted by Gasteiger charge is -2.07. The van der Waals surface area contributed by atoms with Crippen LogP contribution in [0.4, 0.5) is 14.5 Å². The van der Waals surface area contributed by atoms with Crippen molar-refractivity contribution in [3.05, 3.63) is 23.0 Å². The fourth-order valence-corrected chi connectivity index (χ4v) is 1.04. The maximum absolute atomic E-state index is 12.4. The molecule has 0 atom stereocenters. The van der Waals surface area contributed by atoms with E-state index in [1.807, 2.05) is 0 Å². The maximum Gasteiger partial charge on any atom is 0.339 e. The summed E-state index contributed by atoms with van der Waals surface area (Å²) in [6, 6.07) is 1.46. The molecule has 0 aliphatic rings. The van der Waals surface area contributed by atoms with E-state index in [1.165, 1.54) is 6.07 Å². The number of pyridine rings is 1. The van der Waals surface area contributed by atoms with Crippen LogP contribution in [0, 0.1) is 11.3 Å². The molecule has 1 rings (SSSR count). The molecule has 78 valence electrons. The zero-order valence-corrected chi connectivity index (χ0v) is 7.24. The maximum atomic E-state index is 12.4. The first-order valence-electron chi connectivity index (χ1n) is 3.69. The van der Waals surface area contributed by atoms with Crippen molar-refractivity contribution in [2.75, 3.05) is 5.73 Å². The van der Waals surface area contributed by atoms with Gasteiger partial charge in [0, 0.05) is 0 Å². The van der Waals surface area contributed by atoms with Crippen LogP contribution in [-0.4, -0.2) is 16.1 Å². The van der Waals surface area contributed by atoms with Gasteiger partial charge < -0.3 is 10.8 Å². The van der Waals surface area contributed by atoms with E-state index in [0.717, 1.165) is 6.20 Å². The number of anilines is 1. The molecule has 1 aromatic rings. The van der Waals surface area contributed by atoms with E-state index in [2.05, 4.69) is 4.98 Å². The zero-order chi connectivity index (χ0) is 11.6. The highest BCUT2D eigenvalue weighted by Gasteiger charge is 2.24. The summed E-state index contributed by atoms with van der Waals surface area (Å²) in [6.45, 7) is 0. The van der Waals surface area contributed by atoms with E-state index in [4.69, 9.17) is 16.1 Å². The first-order chi connectivity index (χ1) is 6.99. The summed E-state index contributed by atoms with van der Waals surface area (Å²) in [6.07, 6.45) is -2.23. The molecule has 0 aliphatic carbocycles. The van der Waals surface area contributed by atoms with Crippen molar-refractivity contribution in [1.82, 2.24) is 4.98 Å². The Morgan fingerprint density at radius 2 is 2.27 bits per heavy atom. The summed E-state index contributed by atoms with van der Waals surface area (Å²) >= 11 is 0. The third-order valence-corrected chi connectivity index (χ3v) is 1.67. The molecular weight excluding hydrogens is 208 g/mol. The number of hydrogen-bond acceptors (Lipinski definition) is 4. The van der Waals surface area contributed by atoms with E-state index < -0.39 is 29.2 Å². The summed E-state index contributed by atoms with van der Waals surface area (Å²) < 4.78 is 24.7. The Kier molecular flexibility index (Phi) is 2.80. The summed E-state index contributed by atoms with van der Waals surface area (Å²) in [7, 11) is 0. The van der Waals surface area contributed by atoms with Crippen molar-refractivity contribution in [2.45, 2.75) is 6.43 Å². The lowest BCUT2D eigenvalue weighted by molar-refractivity contribution is 0.0682. The Bertz CT molecular complexity index is 454. The van der Waals surface area contributed by atoms with Gasteiger partial charge >= 0.3 is 5.97 Å². The van der Waals surface area contributed by atoms with Gasteiger partial charge in [-0.25, -0.2) is 13.6 Å². The summed E-state index contributed by atoms with van der Waals surface area (Å²) in [5, 5.41) is 17.3. The minimum absolute atomic E-state index is 0.237. The number of carboxylic acids is 1. The van der Waals surface area contributed by atoms with Crippen LogP contribution in [0.25, 0.3) is 0 Å². The smallest absolute Gasteiger partial charge is 0.339 e. The topological polar surface area (TPSA) is 100 Å². The molecule has 15 heavy (non-hydrogen) atoms. The second-order valence-electron chi connectivity index (χ2n) is 2.57. The SMILES string of the molecule is N#Cc1c(N)cnc(C(F)F)c1C(=O)O. The molecule has 3 N–H and O–H groups in total. The van der Waals surface area contributed by atoms with Crippen molar-refractivity contribution in [2.24, 2.45) is 0 Å². The molecule has 0 unspecified atom stereocenters. The van der Waals surface area contributed by atoms with Gasteiger partial charge in [0.15, 0.2) is 0 Å². The number of carbonyl (C=O) groups is 1. The van der Waals surface area contributed by atoms with Crippen molar-refractivity contribution in [1.29, 1.82) is 5.26 Å². The molecule has 0 saturated carbocycles. The van der Waals surface area contributed by atoms with Gasteiger partial charge in [-0.05, 0) is 0 Å². The quantitative estimate of drug-likeness (QED) is 0.767. The molecule has 0 bridgehead atoms. The average molecular weight is 213 g/mol. The molecule has 0 amide bonds. The van der Waals surface area contributed by atoms with Crippen LogP contribution >= 0.6 is 0 Å². The molecule has 0 fully saturated rings. The lowest BCUT2D eigenvalue weighted by atomic mass is 10.1. The van der Waals surface area contributed by atoms with Gasteiger partial charge in [-0.15, -0.1) is 0 Å². The van der Waals surface area contributed by atoms with Crippen molar-refractivity contribution in [3.63, 3.8) is 0 Å². The molecule has 7 heteroatoms. The van der Waals surface area contributed by atoms with Crippen LogP contribution in [0.5, 0.6) is 0 Å². The molecule has 0 saturated heterocycles. The highest BCUT2D eigenvalue weighted by Crippen LogP contribution is 2.26. The molecule has 0 spiro atoms. The van der Waals surface area contributed by atoms with Crippen molar-refractivity contribution < 1.29 is 18.7 Å². The van der Waals surface area contributed by atoms with Crippen molar-refractivity contribution >= 4 is 11.7 Å². The van der Waals surface area contributed by atoms with Crippen LogP contribution in [0.3, 0.4) is 0 Å². The second kappa shape index (κ2) is 3.88. The Morgan fingerprint density at radius 3 is 2.67 bits per heavy atom. The number of aromatic nitrogens is 1. The van der Waals surface area contributed by atoms with Crippen LogP contribution in [0.2, 0.25) is 0 Å². The third kappa shape index (κ3) is 1.83. The molecular formula is C8H5F2N3O2. The number of nitrogen functional groups attached to an aromatic ring is 1. The van der Waals surface area contributed by atoms with Gasteiger partial charge in [0.05, 0.1) is 17.4 Å². The highest BCUT2D eigenvalue weighted by molar-refractivity contribution is 5.93. The lowest BCUT2D eigenvalue weighted by Crippen LogP contribution is -2.10. The first kappa shape index (κ1) is 10.8. The Labute approximate surface area is 82.8 Å². The van der Waals surface area contributed by atoms with E-state index in [1.54, 1.807) is 0 Å². The third-order valence-electron chi connectivity index (χ3n) is 1.67. The molecule has 0 aromatic carbocycles. The molecule has 1 aromatic heterocycles. The van der Waals surface area contributed by atoms with Crippen LogP contribution < -0.4 is 5.73 Å². The number of rotatable bonds is 2. The Balaban J connectivity index is 3.58. The minimum Gasteiger partial charge on any atom is -0.478 e. The number of halogens is 2. The summed E-state index contributed by atoms with van der Waals surface area (Å²) in [5.74, 6) is -1.65. The van der Waals surface area contributed by atoms with Crippen LogP contribution in [0.1, 0.15) is 28.0 Å². The number of nitrogens with zero attached hydrogens (tertiary/aromatic N) is 2. The summed E-state index contributed by atoms with van der Waals surface area (Å²) in [4.78, 5) is 13.9. The molecule has 5 nitrogen and oxygen atoms in total. The van der Waals surface area contributed by atoms with Crippen molar-refractivity contribution in [3.8, 4) is 6.07 Å². The van der Waals surface area contributed by atoms with Gasteiger partial charge in [-0.2, -0.15) is 5.26 Å². The number of alkyl halides is 2. The second-order valence-corrected chi connectivity index (χ2v) is 2.57. The van der Waals surface area contributed by atoms with E-state index in [-0.39, 0.29) is 5.69 Å². The number of aromatic carboxylic acids is 1. The average Bonchev–Trinajstić information content (AvgIpc) is 2.16. The van der Waals surface area contributed by atoms with Gasteiger partial charge in [0.1, 0.15) is 17.3 Å². The predicted molar refractivity (Wildman–Crippen MR) is 45.3 cm³/mol. The van der Waals surface area contributed by atoms with E-state index >= 15 is 0 Å². The minimum atomic E-state index is -3.07. The van der Waals surface area contributed by atoms with E-state index in [0.29, 0.717) is 0 Å². The first-order valence-corrected chi connectivity index (χ1v) is 3.69. The summed E-state index contributed by atoms with van der Waals surface area (Å²) in [5.41, 5.74) is 2.72. The monoisotopic (exact) mass is 213 g/mol. The fraction of sp³-hybridized carbons (Fsp3) is 0.125. The standard InChI is InChI=1S/C8H5F2N3O2/c9-7(10)6-5(8(14)15)3(1-11)4(12)2-13-6/h2,7H,12H2,(H,14,15). The van der Waals surface area contributed by atoms with Gasteiger partial charge in [-0.3, -0.25) is 4.98 Å². The molecule has 0 aliphatic heterocycles. The number of nitrogens with two attached hydrogens (primary N) is 1. The largest absolute Gasteiger partial charge is 0.478 e. The van der Waals surface area contributed by atoms with Crippen LogP contribution in [-0.2, 0) is 0 Å². The fourth-order valence-electron chi connectivity index (χ4n) is 1.04.